The topological polar surface area (TPSA) is 91.3 Å². The van der Waals surface area contributed by atoms with E-state index in [-0.39, 0.29) is 23.8 Å². The minimum atomic E-state index is -0.715. The van der Waals surface area contributed by atoms with Crippen LogP contribution < -0.4 is 10.6 Å². The predicted molar refractivity (Wildman–Crippen MR) is 109 cm³/mol. The molecule has 0 unspecified atom stereocenters. The smallest absolute Gasteiger partial charge is 0.306 e. The summed E-state index contributed by atoms with van der Waals surface area (Å²) >= 11 is 1.91. The minimum absolute atomic E-state index is 0.00319. The van der Waals surface area contributed by atoms with Crippen molar-refractivity contribution in [1.29, 1.82) is 0 Å². The zero-order chi connectivity index (χ0) is 19.5. The van der Waals surface area contributed by atoms with E-state index in [9.17, 15) is 9.59 Å². The van der Waals surface area contributed by atoms with Crippen LogP contribution in [0.4, 0.5) is 0 Å². The lowest BCUT2D eigenvalue weighted by Gasteiger charge is -2.31. The molecule has 4 rings (SSSR count). The van der Waals surface area contributed by atoms with E-state index in [1.165, 1.54) is 15.6 Å². The van der Waals surface area contributed by atoms with Gasteiger partial charge in [-0.2, -0.15) is 0 Å². The molecule has 0 saturated heterocycles. The van der Waals surface area contributed by atoms with Gasteiger partial charge in [0.05, 0.1) is 16.6 Å². The number of aliphatic carboxylic acids is 1. The van der Waals surface area contributed by atoms with Gasteiger partial charge >= 0.3 is 5.97 Å². The molecule has 0 aromatic carbocycles. The number of amides is 1. The molecule has 2 aliphatic carbocycles. The van der Waals surface area contributed by atoms with Crippen LogP contribution in [-0.2, 0) is 22.4 Å². The van der Waals surface area contributed by atoms with E-state index in [4.69, 9.17) is 10.1 Å². The number of carboxylic acids is 1. The Morgan fingerprint density at radius 3 is 2.36 bits per heavy atom. The van der Waals surface area contributed by atoms with E-state index in [0.717, 1.165) is 51.6 Å². The number of fused-ring (bicyclic) bond motifs is 1. The lowest BCUT2D eigenvalue weighted by atomic mass is 9.81. The predicted octanol–water partition coefficient (Wildman–Crippen LogP) is 2.86. The van der Waals surface area contributed by atoms with Crippen LogP contribution >= 0.6 is 11.3 Å². The Morgan fingerprint density at radius 1 is 0.964 bits per heavy atom. The summed E-state index contributed by atoms with van der Waals surface area (Å²) in [5, 5.41) is 17.1. The van der Waals surface area contributed by atoms with Gasteiger partial charge in [-0.15, -0.1) is 11.3 Å². The highest BCUT2D eigenvalue weighted by atomic mass is 32.1. The van der Waals surface area contributed by atoms with Crippen molar-refractivity contribution in [3.63, 3.8) is 0 Å². The largest absolute Gasteiger partial charge is 0.481 e. The summed E-state index contributed by atoms with van der Waals surface area (Å²) in [5.41, 5.74) is 1.30. The Labute approximate surface area is 170 Å². The first kappa shape index (κ1) is 19.8. The zero-order valence-corrected chi connectivity index (χ0v) is 17.2. The number of carbonyl (C=O) groups is 2. The Kier molecular flexibility index (Phi) is 6.31. The standard InChI is InChI=1S/C21H31N3O3S/c25-19(13-1-3-15(4-2-13)21(26)27)23-16-7-5-14(6-8-16)20-24-17-9-11-22-12-10-18(17)28-20/h13-16,22H,1-12H2,(H,23,25)(H,26,27)/t13-,14?,15-,16?. The van der Waals surface area contributed by atoms with Crippen molar-refractivity contribution in [2.24, 2.45) is 11.8 Å². The van der Waals surface area contributed by atoms with Gasteiger partial charge in [0.25, 0.3) is 0 Å². The molecule has 0 radical (unpaired) electrons. The summed E-state index contributed by atoms with van der Waals surface area (Å²) in [6.45, 7) is 2.09. The number of carbonyl (C=O) groups excluding carboxylic acids is 1. The zero-order valence-electron chi connectivity index (χ0n) is 16.4. The number of carboxylic acid groups (broad SMARTS) is 1. The van der Waals surface area contributed by atoms with E-state index >= 15 is 0 Å². The van der Waals surface area contributed by atoms with Gasteiger partial charge in [-0.05, 0) is 57.8 Å². The summed E-state index contributed by atoms with van der Waals surface area (Å²) in [6.07, 6.45) is 9.05. The molecule has 0 atom stereocenters. The van der Waals surface area contributed by atoms with Gasteiger partial charge in [-0.3, -0.25) is 9.59 Å². The van der Waals surface area contributed by atoms with Gasteiger partial charge in [-0.25, -0.2) is 4.98 Å². The third kappa shape index (κ3) is 4.57. The number of aromatic nitrogens is 1. The third-order valence-electron chi connectivity index (χ3n) is 6.73. The van der Waals surface area contributed by atoms with Crippen LogP contribution in [0.1, 0.15) is 72.9 Å². The summed E-state index contributed by atoms with van der Waals surface area (Å²) in [6, 6.07) is 0.267. The van der Waals surface area contributed by atoms with Crippen LogP contribution in [0, 0.1) is 11.8 Å². The van der Waals surface area contributed by atoms with Crippen molar-refractivity contribution >= 4 is 23.2 Å². The number of nitrogens with zero attached hydrogens (tertiary/aromatic N) is 1. The van der Waals surface area contributed by atoms with Gasteiger partial charge in [-0.1, -0.05) is 0 Å². The van der Waals surface area contributed by atoms with Gasteiger partial charge in [0.2, 0.25) is 5.91 Å². The van der Waals surface area contributed by atoms with Gasteiger partial charge in [0.1, 0.15) is 0 Å². The maximum Gasteiger partial charge on any atom is 0.306 e. The molecule has 1 aromatic rings. The third-order valence-corrected chi connectivity index (χ3v) is 8.05. The molecule has 0 bridgehead atoms. The van der Waals surface area contributed by atoms with Gasteiger partial charge < -0.3 is 15.7 Å². The Balaban J connectivity index is 1.24. The van der Waals surface area contributed by atoms with Crippen LogP contribution in [0.2, 0.25) is 0 Å². The first-order chi connectivity index (χ1) is 13.6. The molecule has 1 aromatic heterocycles. The quantitative estimate of drug-likeness (QED) is 0.716. The van der Waals surface area contributed by atoms with E-state index in [1.807, 2.05) is 11.3 Å². The molecular weight excluding hydrogens is 374 g/mol. The molecule has 3 N–H and O–H groups in total. The SMILES string of the molecule is O=C(O)[C@H]1CC[C@H](C(=O)NC2CCC(c3nc4c(s3)CCNCC4)CC2)CC1. The molecule has 3 aliphatic rings. The second-order valence-corrected chi connectivity index (χ2v) is 9.73. The number of thiazole rings is 1. The molecule has 7 heteroatoms. The summed E-state index contributed by atoms with van der Waals surface area (Å²) < 4.78 is 0. The second kappa shape index (κ2) is 8.91. The average Bonchev–Trinajstić information content (AvgIpc) is 2.99. The molecule has 28 heavy (non-hydrogen) atoms. The highest BCUT2D eigenvalue weighted by Gasteiger charge is 2.32. The van der Waals surface area contributed by atoms with Crippen molar-refractivity contribution in [3.05, 3.63) is 15.6 Å². The maximum atomic E-state index is 12.6. The van der Waals surface area contributed by atoms with Crippen LogP contribution in [0.3, 0.4) is 0 Å². The molecule has 2 saturated carbocycles. The molecule has 2 heterocycles. The first-order valence-corrected chi connectivity index (χ1v) is 11.6. The molecule has 1 amide bonds. The van der Waals surface area contributed by atoms with Crippen molar-refractivity contribution in [2.45, 2.75) is 76.2 Å². The Hall–Kier alpha value is -1.47. The highest BCUT2D eigenvalue weighted by molar-refractivity contribution is 7.11. The first-order valence-electron chi connectivity index (χ1n) is 10.8. The Morgan fingerprint density at radius 2 is 1.64 bits per heavy atom. The molecule has 1 aliphatic heterocycles. The minimum Gasteiger partial charge on any atom is -0.481 e. The summed E-state index contributed by atoms with van der Waals surface area (Å²) in [7, 11) is 0. The summed E-state index contributed by atoms with van der Waals surface area (Å²) in [4.78, 5) is 30.1. The van der Waals surface area contributed by atoms with Crippen LogP contribution in [0.15, 0.2) is 0 Å². The second-order valence-electron chi connectivity index (χ2n) is 8.62. The number of hydrogen-bond donors (Lipinski definition) is 3. The van der Waals surface area contributed by atoms with Crippen LogP contribution in [-0.4, -0.2) is 41.1 Å². The van der Waals surface area contributed by atoms with Crippen LogP contribution in [0.5, 0.6) is 0 Å². The van der Waals surface area contributed by atoms with Crippen molar-refractivity contribution in [3.8, 4) is 0 Å². The summed E-state index contributed by atoms with van der Waals surface area (Å²) in [5.74, 6) is -0.294. The number of nitrogens with one attached hydrogen (secondary N) is 2. The monoisotopic (exact) mass is 405 g/mol. The van der Waals surface area contributed by atoms with Gasteiger partial charge in [0, 0.05) is 42.3 Å². The van der Waals surface area contributed by atoms with Crippen molar-refractivity contribution in [1.82, 2.24) is 15.6 Å². The lowest BCUT2D eigenvalue weighted by molar-refractivity contribution is -0.144. The normalized spacial score (nSPS) is 30.9. The van der Waals surface area contributed by atoms with Crippen LogP contribution in [0.25, 0.3) is 0 Å². The molecule has 2 fully saturated rings. The molecule has 6 nitrogen and oxygen atoms in total. The van der Waals surface area contributed by atoms with Gasteiger partial charge in [0.15, 0.2) is 0 Å². The van der Waals surface area contributed by atoms with E-state index < -0.39 is 5.97 Å². The van der Waals surface area contributed by atoms with E-state index in [0.29, 0.717) is 31.6 Å². The molecular formula is C21H31N3O3S. The Bertz CT molecular complexity index is 680. The molecule has 154 valence electrons. The highest BCUT2D eigenvalue weighted by Crippen LogP contribution is 2.37. The van der Waals surface area contributed by atoms with E-state index in [1.54, 1.807) is 0 Å². The fourth-order valence-corrected chi connectivity index (χ4v) is 6.19. The fourth-order valence-electron chi connectivity index (χ4n) is 4.91. The average molecular weight is 406 g/mol. The van der Waals surface area contributed by atoms with Crippen molar-refractivity contribution in [2.75, 3.05) is 13.1 Å². The number of hydrogen-bond acceptors (Lipinski definition) is 5. The van der Waals surface area contributed by atoms with Crippen molar-refractivity contribution < 1.29 is 14.7 Å². The fraction of sp³-hybridized carbons (Fsp3) is 0.762. The van der Waals surface area contributed by atoms with E-state index in [2.05, 4.69) is 10.6 Å². The molecule has 0 spiro atoms. The number of rotatable bonds is 4. The lowest BCUT2D eigenvalue weighted by Crippen LogP contribution is -2.42. The maximum absolute atomic E-state index is 12.6.